The van der Waals surface area contributed by atoms with Gasteiger partial charge >= 0.3 is 0 Å². The third-order valence-corrected chi connectivity index (χ3v) is 4.42. The van der Waals surface area contributed by atoms with Crippen LogP contribution in [0.3, 0.4) is 0 Å². The van der Waals surface area contributed by atoms with Gasteiger partial charge in [0.05, 0.1) is 6.54 Å². The Balaban J connectivity index is 1.44. The highest BCUT2D eigenvalue weighted by molar-refractivity contribution is 7.15. The zero-order valence-corrected chi connectivity index (χ0v) is 15.6. The molecule has 2 aromatic carbocycles. The monoisotopic (exact) mass is 386 g/mol. The second-order valence-corrected chi connectivity index (χ2v) is 6.85. The van der Waals surface area contributed by atoms with Crippen LogP contribution in [-0.4, -0.2) is 29.3 Å². The molecule has 1 amide bonds. The van der Waals surface area contributed by atoms with Crippen molar-refractivity contribution < 1.29 is 13.9 Å². The van der Waals surface area contributed by atoms with E-state index in [1.807, 2.05) is 12.1 Å². The van der Waals surface area contributed by atoms with Gasteiger partial charge in [-0.1, -0.05) is 29.5 Å². The first-order valence-corrected chi connectivity index (χ1v) is 9.21. The molecule has 27 heavy (non-hydrogen) atoms. The summed E-state index contributed by atoms with van der Waals surface area (Å²) in [6, 6.07) is 13.6. The topological polar surface area (TPSA) is 76.1 Å². The summed E-state index contributed by atoms with van der Waals surface area (Å²) in [5.41, 5.74) is 1.68. The molecule has 0 aliphatic carbocycles. The van der Waals surface area contributed by atoms with Crippen LogP contribution in [0.25, 0.3) is 0 Å². The molecule has 3 aromatic rings. The number of hydrogen-bond donors (Lipinski definition) is 2. The van der Waals surface area contributed by atoms with Crippen LogP contribution in [0.5, 0.6) is 5.75 Å². The molecule has 0 atom stereocenters. The molecule has 3 rings (SSSR count). The Morgan fingerprint density at radius 2 is 2.00 bits per heavy atom. The van der Waals surface area contributed by atoms with Gasteiger partial charge in [-0.25, -0.2) is 4.39 Å². The van der Waals surface area contributed by atoms with E-state index < -0.39 is 0 Å². The van der Waals surface area contributed by atoms with Crippen molar-refractivity contribution in [3.63, 3.8) is 0 Å². The number of aromatic nitrogens is 2. The standard InChI is InChI=1S/C19H19FN4O2S/c1-13(25)22-16-3-2-4-17(12-16)26-10-9-21-19-24-23-18(27-19)11-14-5-7-15(20)8-6-14/h2-8,12H,9-11H2,1H3,(H,21,24)(H,22,25). The van der Waals surface area contributed by atoms with E-state index in [1.165, 1.54) is 30.4 Å². The molecule has 1 heterocycles. The summed E-state index contributed by atoms with van der Waals surface area (Å²) >= 11 is 1.46. The summed E-state index contributed by atoms with van der Waals surface area (Å²) in [7, 11) is 0. The molecular formula is C19H19FN4O2S. The maximum atomic E-state index is 12.9. The summed E-state index contributed by atoms with van der Waals surface area (Å²) < 4.78 is 18.6. The average Bonchev–Trinajstić information content (AvgIpc) is 3.08. The predicted octanol–water partition coefficient (Wildman–Crippen LogP) is 3.72. The number of hydrogen-bond acceptors (Lipinski definition) is 6. The Morgan fingerprint density at radius 1 is 1.19 bits per heavy atom. The molecular weight excluding hydrogens is 367 g/mol. The normalized spacial score (nSPS) is 10.4. The number of ether oxygens (including phenoxy) is 1. The van der Waals surface area contributed by atoms with Gasteiger partial charge in [0.2, 0.25) is 11.0 Å². The van der Waals surface area contributed by atoms with E-state index in [-0.39, 0.29) is 11.7 Å². The van der Waals surface area contributed by atoms with Crippen LogP contribution in [0.4, 0.5) is 15.2 Å². The number of rotatable bonds is 8. The minimum absolute atomic E-state index is 0.124. The second-order valence-electron chi connectivity index (χ2n) is 5.79. The van der Waals surface area contributed by atoms with Crippen LogP contribution in [0.1, 0.15) is 17.5 Å². The zero-order chi connectivity index (χ0) is 19.1. The maximum Gasteiger partial charge on any atom is 0.221 e. The maximum absolute atomic E-state index is 12.9. The molecule has 2 N–H and O–H groups in total. The van der Waals surface area contributed by atoms with Crippen molar-refractivity contribution in [2.75, 3.05) is 23.8 Å². The smallest absolute Gasteiger partial charge is 0.221 e. The summed E-state index contributed by atoms with van der Waals surface area (Å²) in [6.07, 6.45) is 0.617. The second kappa shape index (κ2) is 9.09. The van der Waals surface area contributed by atoms with Crippen molar-refractivity contribution in [1.82, 2.24) is 10.2 Å². The minimum Gasteiger partial charge on any atom is -0.492 e. The van der Waals surface area contributed by atoms with Crippen molar-refractivity contribution in [3.05, 3.63) is 64.9 Å². The molecule has 0 radical (unpaired) electrons. The van der Waals surface area contributed by atoms with Gasteiger partial charge in [-0.15, -0.1) is 10.2 Å². The summed E-state index contributed by atoms with van der Waals surface area (Å²) in [6.45, 7) is 2.47. The molecule has 0 fully saturated rings. The van der Waals surface area contributed by atoms with Crippen LogP contribution in [0.2, 0.25) is 0 Å². The lowest BCUT2D eigenvalue weighted by atomic mass is 10.2. The third-order valence-electron chi connectivity index (χ3n) is 3.54. The van der Waals surface area contributed by atoms with Crippen LogP contribution < -0.4 is 15.4 Å². The Kier molecular flexibility index (Phi) is 6.32. The number of halogens is 1. The van der Waals surface area contributed by atoms with Crippen LogP contribution in [0.15, 0.2) is 48.5 Å². The van der Waals surface area contributed by atoms with E-state index in [4.69, 9.17) is 4.74 Å². The van der Waals surface area contributed by atoms with Gasteiger partial charge in [-0.3, -0.25) is 4.79 Å². The minimum atomic E-state index is -0.249. The molecule has 140 valence electrons. The molecule has 8 heteroatoms. The lowest BCUT2D eigenvalue weighted by molar-refractivity contribution is -0.114. The van der Waals surface area contributed by atoms with Gasteiger partial charge in [0.25, 0.3) is 0 Å². The highest BCUT2D eigenvalue weighted by Gasteiger charge is 2.05. The molecule has 0 spiro atoms. The first-order chi connectivity index (χ1) is 13.1. The molecule has 0 saturated heterocycles. The van der Waals surface area contributed by atoms with E-state index in [0.29, 0.717) is 36.1 Å². The number of nitrogens with zero attached hydrogens (tertiary/aromatic N) is 2. The number of carbonyl (C=O) groups excluding carboxylic acids is 1. The predicted molar refractivity (Wildman–Crippen MR) is 104 cm³/mol. The first kappa shape index (κ1) is 18.8. The third kappa shape index (κ3) is 6.03. The number of nitrogens with one attached hydrogen (secondary N) is 2. The molecule has 0 aliphatic rings. The fraction of sp³-hybridized carbons (Fsp3) is 0.211. The number of anilines is 2. The van der Waals surface area contributed by atoms with Gasteiger partial charge in [0.15, 0.2) is 0 Å². The highest BCUT2D eigenvalue weighted by atomic mass is 32.1. The lowest BCUT2D eigenvalue weighted by Gasteiger charge is -2.08. The largest absolute Gasteiger partial charge is 0.492 e. The quantitative estimate of drug-likeness (QED) is 0.577. The van der Waals surface area contributed by atoms with Crippen molar-refractivity contribution >= 4 is 28.1 Å². The van der Waals surface area contributed by atoms with Crippen molar-refractivity contribution in [2.45, 2.75) is 13.3 Å². The van der Waals surface area contributed by atoms with Gasteiger partial charge < -0.3 is 15.4 Å². The highest BCUT2D eigenvalue weighted by Crippen LogP contribution is 2.19. The van der Waals surface area contributed by atoms with E-state index in [9.17, 15) is 9.18 Å². The van der Waals surface area contributed by atoms with Crippen molar-refractivity contribution in [1.29, 1.82) is 0 Å². The molecule has 1 aromatic heterocycles. The molecule has 0 bridgehead atoms. The van der Waals surface area contributed by atoms with Crippen LogP contribution in [0, 0.1) is 5.82 Å². The van der Waals surface area contributed by atoms with E-state index >= 15 is 0 Å². The fourth-order valence-corrected chi connectivity index (χ4v) is 3.17. The van der Waals surface area contributed by atoms with Crippen molar-refractivity contribution in [3.8, 4) is 5.75 Å². The molecule has 0 aliphatic heterocycles. The number of amides is 1. The van der Waals surface area contributed by atoms with Gasteiger partial charge in [0.1, 0.15) is 23.2 Å². The molecule has 6 nitrogen and oxygen atoms in total. The first-order valence-electron chi connectivity index (χ1n) is 8.39. The van der Waals surface area contributed by atoms with Crippen LogP contribution >= 0.6 is 11.3 Å². The Hall–Kier alpha value is -3.00. The van der Waals surface area contributed by atoms with E-state index in [0.717, 1.165) is 10.6 Å². The number of carbonyl (C=O) groups is 1. The van der Waals surface area contributed by atoms with Gasteiger partial charge in [-0.05, 0) is 29.8 Å². The Morgan fingerprint density at radius 3 is 2.78 bits per heavy atom. The summed E-state index contributed by atoms with van der Waals surface area (Å²) in [4.78, 5) is 11.1. The summed E-state index contributed by atoms with van der Waals surface area (Å²) in [5, 5.41) is 15.7. The van der Waals surface area contributed by atoms with Gasteiger partial charge in [0, 0.05) is 25.1 Å². The SMILES string of the molecule is CC(=O)Nc1cccc(OCCNc2nnc(Cc3ccc(F)cc3)s2)c1. The van der Waals surface area contributed by atoms with Crippen molar-refractivity contribution in [2.24, 2.45) is 0 Å². The zero-order valence-electron chi connectivity index (χ0n) is 14.7. The fourth-order valence-electron chi connectivity index (χ4n) is 2.37. The van der Waals surface area contributed by atoms with E-state index in [2.05, 4.69) is 20.8 Å². The molecule has 0 unspecified atom stereocenters. The summed E-state index contributed by atoms with van der Waals surface area (Å²) in [5.74, 6) is 0.305. The van der Waals surface area contributed by atoms with E-state index in [1.54, 1.807) is 24.3 Å². The Labute approximate surface area is 160 Å². The lowest BCUT2D eigenvalue weighted by Crippen LogP contribution is -2.11. The Bertz CT molecular complexity index is 899. The number of benzene rings is 2. The van der Waals surface area contributed by atoms with Gasteiger partial charge in [-0.2, -0.15) is 0 Å². The molecule has 0 saturated carbocycles. The van der Waals surface area contributed by atoms with Crippen LogP contribution in [-0.2, 0) is 11.2 Å². The average molecular weight is 386 g/mol.